The number of nitrogens with one attached hydrogen (secondary N) is 1. The lowest BCUT2D eigenvalue weighted by atomic mass is 10.0. The van der Waals surface area contributed by atoms with Crippen molar-refractivity contribution in [3.05, 3.63) is 30.7 Å². The van der Waals surface area contributed by atoms with Gasteiger partial charge < -0.3 is 20.8 Å². The number of nitrogens with two attached hydrogens (primary N) is 1. The zero-order valence-electron chi connectivity index (χ0n) is 14.1. The van der Waals surface area contributed by atoms with Crippen LogP contribution in [0, 0.1) is 11.8 Å². The molecule has 0 amide bonds. The molecule has 2 fully saturated rings. The molecule has 0 bridgehead atoms. The Bertz CT molecular complexity index is 996. The second-order valence-electron chi connectivity index (χ2n) is 7.06. The first kappa shape index (κ1) is 15.1. The molecule has 132 valence electrons. The molecule has 3 aromatic heterocycles. The Morgan fingerprint density at radius 3 is 2.65 bits per heavy atom. The van der Waals surface area contributed by atoms with Gasteiger partial charge >= 0.3 is 0 Å². The molecule has 3 aromatic rings. The third kappa shape index (κ3) is 2.29. The lowest BCUT2D eigenvalue weighted by Crippen LogP contribution is -2.22. The van der Waals surface area contributed by atoms with Crippen LogP contribution in [0.1, 0.15) is 12.8 Å². The number of aromatic nitrogens is 4. The van der Waals surface area contributed by atoms with Crippen LogP contribution in [-0.2, 0) is 0 Å². The van der Waals surface area contributed by atoms with E-state index in [9.17, 15) is 0 Å². The molecule has 2 aliphatic rings. The highest BCUT2D eigenvalue weighted by atomic mass is 16.4. The number of hydrogen-bond donors (Lipinski definition) is 3. The molecule has 4 heterocycles. The lowest BCUT2D eigenvalue weighted by molar-refractivity contribution is 0.317. The van der Waals surface area contributed by atoms with Crippen molar-refractivity contribution in [2.75, 3.05) is 23.7 Å². The molecule has 26 heavy (non-hydrogen) atoms. The first-order chi connectivity index (χ1) is 12.7. The molecule has 1 saturated heterocycles. The third-order valence-electron chi connectivity index (χ3n) is 5.56. The van der Waals surface area contributed by atoms with E-state index in [4.69, 9.17) is 10.9 Å². The summed E-state index contributed by atoms with van der Waals surface area (Å²) in [6.07, 6.45) is 7.20. The number of nitrogen functional groups attached to an aromatic ring is 1. The number of nitrogens with zero attached hydrogens (tertiary/aromatic N) is 5. The van der Waals surface area contributed by atoms with Crippen LogP contribution in [0.25, 0.3) is 22.3 Å². The molecular weight excluding hydrogens is 330 g/mol. The number of hydrogen-bond acceptors (Lipinski definition) is 7. The van der Waals surface area contributed by atoms with E-state index in [2.05, 4.69) is 36.1 Å². The largest absolute Gasteiger partial charge is 0.411 e. The predicted octanol–water partition coefficient (Wildman–Crippen LogP) is 2.28. The quantitative estimate of drug-likeness (QED) is 0.483. The molecule has 8 nitrogen and oxygen atoms in total. The number of aromatic amines is 1. The molecule has 0 aromatic carbocycles. The zero-order valence-corrected chi connectivity index (χ0v) is 14.1. The number of fused-ring (bicyclic) bond motifs is 2. The standard InChI is InChI=1S/C18H19N7O/c19-18-21-3-1-14(23-18)13-7-22-17-16(13)15(2-4-20-17)25-8-10-5-12(24-26)6-11(10)9-25/h1-4,7,10-11,26H,5-6,8-9H2,(H,20,22)(H2,19,21,23). The van der Waals surface area contributed by atoms with E-state index in [1.54, 1.807) is 6.20 Å². The first-order valence-electron chi connectivity index (χ1n) is 8.72. The Balaban J connectivity index is 1.56. The highest BCUT2D eigenvalue weighted by Crippen LogP contribution is 2.42. The van der Waals surface area contributed by atoms with E-state index in [1.807, 2.05) is 18.5 Å². The molecule has 8 heteroatoms. The van der Waals surface area contributed by atoms with E-state index in [0.717, 1.165) is 59.6 Å². The average Bonchev–Trinajstić information content (AvgIpc) is 3.33. The minimum atomic E-state index is 0.258. The van der Waals surface area contributed by atoms with Crippen molar-refractivity contribution in [1.82, 2.24) is 19.9 Å². The molecule has 2 atom stereocenters. The van der Waals surface area contributed by atoms with Gasteiger partial charge in [-0.1, -0.05) is 5.16 Å². The van der Waals surface area contributed by atoms with Gasteiger partial charge in [0.1, 0.15) is 5.65 Å². The van der Waals surface area contributed by atoms with Crippen molar-refractivity contribution < 1.29 is 5.21 Å². The Kier molecular flexibility index (Phi) is 3.31. The Labute approximate surface area is 149 Å². The van der Waals surface area contributed by atoms with Gasteiger partial charge in [-0.2, -0.15) is 0 Å². The predicted molar refractivity (Wildman–Crippen MR) is 99.2 cm³/mol. The molecule has 1 aliphatic carbocycles. The molecule has 5 rings (SSSR count). The van der Waals surface area contributed by atoms with E-state index in [-0.39, 0.29) is 5.95 Å². The third-order valence-corrected chi connectivity index (χ3v) is 5.56. The maximum Gasteiger partial charge on any atom is 0.220 e. The van der Waals surface area contributed by atoms with Crippen LogP contribution in [0.5, 0.6) is 0 Å². The van der Waals surface area contributed by atoms with Crippen molar-refractivity contribution in [1.29, 1.82) is 0 Å². The first-order valence-corrected chi connectivity index (χ1v) is 8.72. The van der Waals surface area contributed by atoms with Gasteiger partial charge in [0.25, 0.3) is 0 Å². The molecule has 4 N–H and O–H groups in total. The average molecular weight is 349 g/mol. The second-order valence-corrected chi connectivity index (χ2v) is 7.06. The van der Waals surface area contributed by atoms with Crippen LogP contribution in [0.4, 0.5) is 11.6 Å². The van der Waals surface area contributed by atoms with Gasteiger partial charge in [0.15, 0.2) is 0 Å². The van der Waals surface area contributed by atoms with Crippen molar-refractivity contribution in [2.24, 2.45) is 17.0 Å². The van der Waals surface area contributed by atoms with E-state index in [1.165, 1.54) is 0 Å². The maximum atomic E-state index is 9.04. The summed E-state index contributed by atoms with van der Waals surface area (Å²) in [5.41, 5.74) is 10.4. The summed E-state index contributed by atoms with van der Waals surface area (Å²) in [4.78, 5) is 18.5. The monoisotopic (exact) mass is 349 g/mol. The van der Waals surface area contributed by atoms with Gasteiger partial charge in [-0.25, -0.2) is 15.0 Å². The smallest absolute Gasteiger partial charge is 0.220 e. The maximum absolute atomic E-state index is 9.04. The molecule has 1 saturated carbocycles. The molecule has 2 unspecified atom stereocenters. The van der Waals surface area contributed by atoms with Gasteiger partial charge in [-0.05, 0) is 36.8 Å². The van der Waals surface area contributed by atoms with Crippen molar-refractivity contribution in [3.63, 3.8) is 0 Å². The molecular formula is C18H19N7O. The van der Waals surface area contributed by atoms with Crippen LogP contribution >= 0.6 is 0 Å². The van der Waals surface area contributed by atoms with Crippen LogP contribution in [-0.4, -0.2) is 43.9 Å². The molecule has 0 radical (unpaired) electrons. The number of H-pyrrole nitrogens is 1. The minimum Gasteiger partial charge on any atom is -0.411 e. The fourth-order valence-electron chi connectivity index (χ4n) is 4.40. The number of anilines is 2. The topological polar surface area (TPSA) is 116 Å². The Morgan fingerprint density at radius 2 is 1.92 bits per heavy atom. The summed E-state index contributed by atoms with van der Waals surface area (Å²) in [6.45, 7) is 1.92. The highest BCUT2D eigenvalue weighted by Gasteiger charge is 2.40. The van der Waals surface area contributed by atoms with Crippen LogP contribution in [0.2, 0.25) is 0 Å². The summed E-state index contributed by atoms with van der Waals surface area (Å²) < 4.78 is 0. The van der Waals surface area contributed by atoms with E-state index >= 15 is 0 Å². The van der Waals surface area contributed by atoms with E-state index in [0.29, 0.717) is 11.8 Å². The minimum absolute atomic E-state index is 0.258. The van der Waals surface area contributed by atoms with Gasteiger partial charge in [0.2, 0.25) is 5.95 Å². The number of pyridine rings is 1. The van der Waals surface area contributed by atoms with Crippen LogP contribution in [0.15, 0.2) is 35.9 Å². The van der Waals surface area contributed by atoms with Gasteiger partial charge in [0, 0.05) is 37.2 Å². The Morgan fingerprint density at radius 1 is 1.15 bits per heavy atom. The van der Waals surface area contributed by atoms with Crippen LogP contribution < -0.4 is 10.6 Å². The lowest BCUT2D eigenvalue weighted by Gasteiger charge is -2.21. The van der Waals surface area contributed by atoms with E-state index < -0.39 is 0 Å². The van der Waals surface area contributed by atoms with Crippen LogP contribution in [0.3, 0.4) is 0 Å². The number of rotatable bonds is 2. The summed E-state index contributed by atoms with van der Waals surface area (Å²) in [5.74, 6) is 1.34. The Hall–Kier alpha value is -3.16. The van der Waals surface area contributed by atoms with Gasteiger partial charge in [-0.3, -0.25) is 0 Å². The summed E-state index contributed by atoms with van der Waals surface area (Å²) in [7, 11) is 0. The summed E-state index contributed by atoms with van der Waals surface area (Å²) >= 11 is 0. The number of oxime groups is 1. The fraction of sp³-hybridized carbons (Fsp3) is 0.333. The fourth-order valence-corrected chi connectivity index (χ4v) is 4.40. The molecule has 0 spiro atoms. The zero-order chi connectivity index (χ0) is 17.7. The highest BCUT2D eigenvalue weighted by molar-refractivity contribution is 6.02. The summed E-state index contributed by atoms with van der Waals surface area (Å²) in [6, 6.07) is 3.92. The summed E-state index contributed by atoms with van der Waals surface area (Å²) in [5, 5.41) is 13.5. The van der Waals surface area contributed by atoms with Crippen molar-refractivity contribution in [3.8, 4) is 11.3 Å². The van der Waals surface area contributed by atoms with Crippen molar-refractivity contribution in [2.45, 2.75) is 12.8 Å². The molecule has 1 aliphatic heterocycles. The van der Waals surface area contributed by atoms with Gasteiger partial charge in [0.05, 0.1) is 22.5 Å². The van der Waals surface area contributed by atoms with Gasteiger partial charge in [-0.15, -0.1) is 0 Å². The second kappa shape index (κ2) is 5.69. The van der Waals surface area contributed by atoms with Crippen molar-refractivity contribution >= 4 is 28.4 Å². The normalized spacial score (nSPS) is 22.2. The SMILES string of the molecule is Nc1nccc(-c2c[nH]c3nccc(N4CC5CC(=NO)CC5C4)c23)n1.